The molecule has 0 aromatic heterocycles. The molecule has 2 aromatic rings. The van der Waals surface area contributed by atoms with Crippen LogP contribution >= 0.6 is 12.2 Å². The molecule has 0 saturated heterocycles. The van der Waals surface area contributed by atoms with E-state index in [0.717, 1.165) is 5.56 Å². The molecule has 0 aliphatic heterocycles. The molecule has 19 heavy (non-hydrogen) atoms. The van der Waals surface area contributed by atoms with Gasteiger partial charge in [0.2, 0.25) is 0 Å². The molecule has 0 amide bonds. The predicted molar refractivity (Wildman–Crippen MR) is 79.5 cm³/mol. The first-order chi connectivity index (χ1) is 9.29. The summed E-state index contributed by atoms with van der Waals surface area (Å²) in [5, 5.41) is 11.3. The summed E-state index contributed by atoms with van der Waals surface area (Å²) in [5.41, 5.74) is 3.38. The van der Waals surface area contributed by atoms with E-state index >= 15 is 0 Å². The van der Waals surface area contributed by atoms with Crippen LogP contribution in [0, 0.1) is 0 Å². The summed E-state index contributed by atoms with van der Waals surface area (Å²) in [5.74, 6) is 0. The molecule has 0 fully saturated rings. The fraction of sp³-hybridized carbons (Fsp3) is 0.133. The zero-order chi connectivity index (χ0) is 13.5. The highest BCUT2D eigenvalue weighted by molar-refractivity contribution is 7.80. The molecular formula is C15H15NO2S. The number of aliphatic hydroxyl groups excluding tert-OH is 1. The number of thiocarbonyl (C=S) groups is 1. The lowest BCUT2D eigenvalue weighted by atomic mass is 10.0. The molecule has 98 valence electrons. The highest BCUT2D eigenvalue weighted by Gasteiger charge is 1.99. The molecule has 0 aliphatic rings. The van der Waals surface area contributed by atoms with Crippen molar-refractivity contribution in [3.8, 4) is 11.1 Å². The molecule has 2 aromatic carbocycles. The van der Waals surface area contributed by atoms with Crippen LogP contribution < -0.4 is 5.32 Å². The van der Waals surface area contributed by atoms with Gasteiger partial charge in [-0.15, -0.1) is 0 Å². The Bertz CT molecular complexity index is 526. The second-order valence-corrected chi connectivity index (χ2v) is 4.34. The third-order valence-corrected chi connectivity index (χ3v) is 2.92. The molecule has 0 heterocycles. The van der Waals surface area contributed by atoms with Crippen LogP contribution in [0.5, 0.6) is 0 Å². The summed E-state index contributed by atoms with van der Waals surface area (Å²) in [7, 11) is 0. The Labute approximate surface area is 117 Å². The van der Waals surface area contributed by atoms with Crippen molar-refractivity contribution >= 4 is 17.4 Å². The number of ether oxygens (including phenoxy) is 1. The van der Waals surface area contributed by atoms with E-state index in [-0.39, 0.29) is 11.9 Å². The van der Waals surface area contributed by atoms with Gasteiger partial charge < -0.3 is 15.2 Å². The average Bonchev–Trinajstić information content (AvgIpc) is 2.47. The smallest absolute Gasteiger partial charge is 0.258 e. The third-order valence-electron chi connectivity index (χ3n) is 2.65. The van der Waals surface area contributed by atoms with Crippen molar-refractivity contribution < 1.29 is 9.84 Å². The zero-order valence-electron chi connectivity index (χ0n) is 10.4. The first-order valence-electron chi connectivity index (χ1n) is 5.95. The molecule has 4 heteroatoms. The van der Waals surface area contributed by atoms with Crippen molar-refractivity contribution in [3.63, 3.8) is 0 Å². The second-order valence-electron chi connectivity index (χ2n) is 3.97. The molecule has 0 radical (unpaired) electrons. The quantitative estimate of drug-likeness (QED) is 0.664. The van der Waals surface area contributed by atoms with E-state index in [9.17, 15) is 0 Å². The van der Waals surface area contributed by atoms with Crippen LogP contribution in [-0.2, 0) is 11.3 Å². The van der Waals surface area contributed by atoms with Crippen LogP contribution in [0.1, 0.15) is 5.56 Å². The highest BCUT2D eigenvalue weighted by atomic mass is 32.1. The molecule has 0 aliphatic carbocycles. The summed E-state index contributed by atoms with van der Waals surface area (Å²) < 4.78 is 5.27. The van der Waals surface area contributed by atoms with Crippen molar-refractivity contribution in [3.05, 3.63) is 60.2 Å². The van der Waals surface area contributed by atoms with Gasteiger partial charge in [-0.25, -0.2) is 0 Å². The van der Waals surface area contributed by atoms with Crippen LogP contribution in [0.3, 0.4) is 0 Å². The van der Waals surface area contributed by atoms with Crippen molar-refractivity contribution in [2.45, 2.75) is 6.61 Å². The predicted octanol–water partition coefficient (Wildman–Crippen LogP) is 2.69. The van der Waals surface area contributed by atoms with E-state index < -0.39 is 0 Å². The Morgan fingerprint density at radius 3 is 2.26 bits per heavy atom. The fourth-order valence-corrected chi connectivity index (χ4v) is 1.81. The topological polar surface area (TPSA) is 41.5 Å². The van der Waals surface area contributed by atoms with Crippen molar-refractivity contribution in [1.29, 1.82) is 0 Å². The minimum Gasteiger partial charge on any atom is -0.466 e. The zero-order valence-corrected chi connectivity index (χ0v) is 11.2. The van der Waals surface area contributed by atoms with E-state index in [1.54, 1.807) is 0 Å². The second kappa shape index (κ2) is 6.87. The van der Waals surface area contributed by atoms with Gasteiger partial charge in [0.25, 0.3) is 5.17 Å². The van der Waals surface area contributed by atoms with Crippen molar-refractivity contribution in [2.75, 3.05) is 6.73 Å². The number of nitrogens with one attached hydrogen (secondary N) is 1. The summed E-state index contributed by atoms with van der Waals surface area (Å²) >= 11 is 4.86. The Hall–Kier alpha value is -1.91. The molecule has 2 rings (SSSR count). The lowest BCUT2D eigenvalue weighted by Gasteiger charge is -2.08. The Kier molecular flexibility index (Phi) is 4.89. The van der Waals surface area contributed by atoms with E-state index in [2.05, 4.69) is 29.6 Å². The Morgan fingerprint density at radius 1 is 1.00 bits per heavy atom. The molecule has 0 saturated carbocycles. The van der Waals surface area contributed by atoms with Gasteiger partial charge in [-0.3, -0.25) is 0 Å². The van der Waals surface area contributed by atoms with E-state index in [0.29, 0.717) is 6.61 Å². The number of rotatable bonds is 4. The monoisotopic (exact) mass is 273 g/mol. The van der Waals surface area contributed by atoms with Gasteiger partial charge in [0.05, 0.1) is 0 Å². The van der Waals surface area contributed by atoms with Gasteiger partial charge in [-0.1, -0.05) is 54.6 Å². The van der Waals surface area contributed by atoms with Gasteiger partial charge in [0.1, 0.15) is 13.3 Å². The lowest BCUT2D eigenvalue weighted by molar-refractivity contribution is 0.243. The highest BCUT2D eigenvalue weighted by Crippen LogP contribution is 2.19. The molecule has 0 bridgehead atoms. The standard InChI is InChI=1S/C15H15NO2S/c17-11-16-15(19)18-10-12-6-8-14(9-7-12)13-4-2-1-3-5-13/h1-9,17H,10-11H2,(H,16,19). The first-order valence-corrected chi connectivity index (χ1v) is 6.36. The Morgan fingerprint density at radius 2 is 1.63 bits per heavy atom. The summed E-state index contributed by atoms with van der Waals surface area (Å²) in [6, 6.07) is 18.3. The lowest BCUT2D eigenvalue weighted by Crippen LogP contribution is -2.24. The molecule has 2 N–H and O–H groups in total. The molecular weight excluding hydrogens is 258 g/mol. The SMILES string of the molecule is OCNC(=S)OCc1ccc(-c2ccccc2)cc1. The first kappa shape index (κ1) is 13.5. The van der Waals surface area contributed by atoms with Crippen LogP contribution in [0.2, 0.25) is 0 Å². The minimum absolute atomic E-state index is 0.203. The third kappa shape index (κ3) is 4.05. The maximum Gasteiger partial charge on any atom is 0.258 e. The van der Waals surface area contributed by atoms with E-state index in [1.807, 2.05) is 30.3 Å². The van der Waals surface area contributed by atoms with Crippen LogP contribution in [-0.4, -0.2) is 17.0 Å². The Balaban J connectivity index is 1.97. The van der Waals surface area contributed by atoms with Gasteiger partial charge >= 0.3 is 0 Å². The molecule has 0 spiro atoms. The average molecular weight is 273 g/mol. The van der Waals surface area contributed by atoms with Crippen LogP contribution in [0.4, 0.5) is 0 Å². The normalized spacial score (nSPS) is 9.95. The largest absolute Gasteiger partial charge is 0.466 e. The molecule has 3 nitrogen and oxygen atoms in total. The molecule has 0 atom stereocenters. The van der Waals surface area contributed by atoms with Crippen LogP contribution in [0.15, 0.2) is 54.6 Å². The fourth-order valence-electron chi connectivity index (χ4n) is 1.69. The number of aliphatic hydroxyl groups is 1. The summed E-state index contributed by atoms with van der Waals surface area (Å²) in [6.07, 6.45) is 0. The molecule has 0 unspecified atom stereocenters. The van der Waals surface area contributed by atoms with E-state index in [4.69, 9.17) is 22.1 Å². The number of benzene rings is 2. The van der Waals surface area contributed by atoms with Gasteiger partial charge in [-0.05, 0) is 28.9 Å². The van der Waals surface area contributed by atoms with Crippen molar-refractivity contribution in [1.82, 2.24) is 5.32 Å². The van der Waals surface area contributed by atoms with E-state index in [1.165, 1.54) is 11.1 Å². The van der Waals surface area contributed by atoms with Crippen LogP contribution in [0.25, 0.3) is 11.1 Å². The summed E-state index contributed by atoms with van der Waals surface area (Å²) in [6.45, 7) is 0.173. The van der Waals surface area contributed by atoms with Gasteiger partial charge in [0.15, 0.2) is 0 Å². The maximum absolute atomic E-state index is 8.62. The number of hydrogen-bond donors (Lipinski definition) is 2. The van der Waals surface area contributed by atoms with Gasteiger partial charge in [-0.2, -0.15) is 0 Å². The summed E-state index contributed by atoms with van der Waals surface area (Å²) in [4.78, 5) is 0. The van der Waals surface area contributed by atoms with Gasteiger partial charge in [0, 0.05) is 0 Å². The minimum atomic E-state index is -0.216. The maximum atomic E-state index is 8.62. The van der Waals surface area contributed by atoms with Crippen molar-refractivity contribution in [2.24, 2.45) is 0 Å². The number of hydrogen-bond acceptors (Lipinski definition) is 3.